The van der Waals surface area contributed by atoms with Gasteiger partial charge in [0, 0.05) is 6.08 Å². The SMILES string of the molecule is N#CNC(=O)/C=C\c1ccccc1. The second kappa shape index (κ2) is 4.73. The maximum atomic E-state index is 10.8. The first-order valence-corrected chi connectivity index (χ1v) is 3.75. The van der Waals surface area contributed by atoms with E-state index in [-0.39, 0.29) is 0 Å². The predicted molar refractivity (Wildman–Crippen MR) is 49.2 cm³/mol. The molecule has 0 saturated heterocycles. The fourth-order valence-corrected chi connectivity index (χ4v) is 0.833. The number of rotatable bonds is 2. The van der Waals surface area contributed by atoms with E-state index in [2.05, 4.69) is 0 Å². The van der Waals surface area contributed by atoms with Gasteiger partial charge in [-0.3, -0.25) is 10.1 Å². The Kier molecular flexibility index (Phi) is 3.28. The van der Waals surface area contributed by atoms with Crippen LogP contribution in [0.25, 0.3) is 6.08 Å². The van der Waals surface area contributed by atoms with Crippen LogP contribution in [0.5, 0.6) is 0 Å². The van der Waals surface area contributed by atoms with Gasteiger partial charge in [0.25, 0.3) is 5.91 Å². The van der Waals surface area contributed by atoms with E-state index >= 15 is 0 Å². The van der Waals surface area contributed by atoms with E-state index in [9.17, 15) is 4.79 Å². The Morgan fingerprint density at radius 1 is 1.38 bits per heavy atom. The zero-order valence-corrected chi connectivity index (χ0v) is 6.90. The van der Waals surface area contributed by atoms with Crippen molar-refractivity contribution in [2.24, 2.45) is 0 Å². The number of nitriles is 1. The largest absolute Gasteiger partial charge is 0.269 e. The Hall–Kier alpha value is -2.08. The van der Waals surface area contributed by atoms with Gasteiger partial charge in [-0.25, -0.2) is 0 Å². The standard InChI is InChI=1S/C10H8N2O/c11-8-12-10(13)7-6-9-4-2-1-3-5-9/h1-7H,(H,12,13)/b7-6-. The lowest BCUT2D eigenvalue weighted by molar-refractivity contribution is -0.115. The fourth-order valence-electron chi connectivity index (χ4n) is 0.833. The molecular formula is C10H8N2O. The van der Waals surface area contributed by atoms with Crippen molar-refractivity contribution < 1.29 is 4.79 Å². The van der Waals surface area contributed by atoms with Gasteiger partial charge in [0.2, 0.25) is 0 Å². The van der Waals surface area contributed by atoms with Gasteiger partial charge >= 0.3 is 0 Å². The van der Waals surface area contributed by atoms with Crippen LogP contribution in [0.15, 0.2) is 36.4 Å². The van der Waals surface area contributed by atoms with Crippen LogP contribution in [0, 0.1) is 11.5 Å². The molecular weight excluding hydrogens is 164 g/mol. The summed E-state index contributed by atoms with van der Waals surface area (Å²) < 4.78 is 0. The van der Waals surface area contributed by atoms with Gasteiger partial charge in [-0.05, 0) is 11.6 Å². The summed E-state index contributed by atoms with van der Waals surface area (Å²) in [6.07, 6.45) is 4.52. The van der Waals surface area contributed by atoms with Crippen molar-refractivity contribution in [1.29, 1.82) is 5.26 Å². The lowest BCUT2D eigenvalue weighted by Gasteiger charge is -1.90. The maximum absolute atomic E-state index is 10.8. The summed E-state index contributed by atoms with van der Waals surface area (Å²) in [5.41, 5.74) is 0.926. The van der Waals surface area contributed by atoms with Crippen molar-refractivity contribution >= 4 is 12.0 Å². The van der Waals surface area contributed by atoms with Crippen LogP contribution in [-0.2, 0) is 4.79 Å². The Bertz CT molecular complexity index is 349. The van der Waals surface area contributed by atoms with Gasteiger partial charge in [-0.15, -0.1) is 0 Å². The molecule has 1 aromatic carbocycles. The molecule has 64 valence electrons. The second-order valence-corrected chi connectivity index (χ2v) is 2.35. The van der Waals surface area contributed by atoms with E-state index in [0.717, 1.165) is 5.56 Å². The maximum Gasteiger partial charge on any atom is 0.256 e. The molecule has 0 atom stereocenters. The summed E-state index contributed by atoms with van der Waals surface area (Å²) in [4.78, 5) is 10.8. The number of carbonyl (C=O) groups excluding carboxylic acids is 1. The van der Waals surface area contributed by atoms with E-state index < -0.39 is 5.91 Å². The van der Waals surface area contributed by atoms with Gasteiger partial charge in [0.05, 0.1) is 0 Å². The van der Waals surface area contributed by atoms with Gasteiger partial charge in [0.15, 0.2) is 6.19 Å². The van der Waals surface area contributed by atoms with Crippen LogP contribution in [0.2, 0.25) is 0 Å². The Balaban J connectivity index is 2.60. The van der Waals surface area contributed by atoms with E-state index in [1.165, 1.54) is 6.08 Å². The normalized spacial score (nSPS) is 9.46. The average molecular weight is 172 g/mol. The fraction of sp³-hybridized carbons (Fsp3) is 0. The summed E-state index contributed by atoms with van der Waals surface area (Å²) in [5, 5.41) is 10.1. The summed E-state index contributed by atoms with van der Waals surface area (Å²) in [6.45, 7) is 0. The van der Waals surface area contributed by atoms with Crippen molar-refractivity contribution in [3.63, 3.8) is 0 Å². The first-order chi connectivity index (χ1) is 6.33. The first-order valence-electron chi connectivity index (χ1n) is 3.75. The predicted octanol–water partition coefficient (Wildman–Crippen LogP) is 1.30. The van der Waals surface area contributed by atoms with Crippen LogP contribution < -0.4 is 5.32 Å². The molecule has 3 heteroatoms. The zero-order valence-electron chi connectivity index (χ0n) is 6.90. The number of amides is 1. The minimum atomic E-state index is -0.411. The zero-order chi connectivity index (χ0) is 9.52. The van der Waals surface area contributed by atoms with E-state index in [1.54, 1.807) is 12.3 Å². The molecule has 1 amide bonds. The van der Waals surface area contributed by atoms with Gasteiger partial charge < -0.3 is 0 Å². The molecule has 0 fully saturated rings. The molecule has 0 radical (unpaired) electrons. The molecule has 0 spiro atoms. The highest BCUT2D eigenvalue weighted by Gasteiger charge is 1.90. The molecule has 1 N–H and O–H groups in total. The minimum absolute atomic E-state index is 0.411. The Morgan fingerprint density at radius 2 is 2.08 bits per heavy atom. The highest BCUT2D eigenvalue weighted by atomic mass is 16.1. The Labute approximate surface area is 76.3 Å². The summed E-state index contributed by atoms with van der Waals surface area (Å²) in [7, 11) is 0. The molecule has 0 unspecified atom stereocenters. The molecule has 0 saturated carbocycles. The van der Waals surface area contributed by atoms with Gasteiger partial charge in [-0.2, -0.15) is 5.26 Å². The molecule has 0 aromatic heterocycles. The number of nitrogens with zero attached hydrogens (tertiary/aromatic N) is 1. The molecule has 0 aliphatic rings. The smallest absolute Gasteiger partial charge is 0.256 e. The molecule has 0 heterocycles. The molecule has 3 nitrogen and oxygen atoms in total. The topological polar surface area (TPSA) is 52.9 Å². The lowest BCUT2D eigenvalue weighted by atomic mass is 10.2. The molecule has 1 rings (SSSR count). The van der Waals surface area contributed by atoms with Crippen LogP contribution in [0.3, 0.4) is 0 Å². The lowest BCUT2D eigenvalue weighted by Crippen LogP contribution is -2.13. The van der Waals surface area contributed by atoms with Gasteiger partial charge in [-0.1, -0.05) is 30.3 Å². The third kappa shape index (κ3) is 3.21. The molecule has 13 heavy (non-hydrogen) atoms. The number of hydrogen-bond donors (Lipinski definition) is 1. The third-order valence-electron chi connectivity index (χ3n) is 1.41. The van der Waals surface area contributed by atoms with Crippen LogP contribution in [0.1, 0.15) is 5.56 Å². The van der Waals surface area contributed by atoms with Crippen LogP contribution >= 0.6 is 0 Å². The monoisotopic (exact) mass is 172 g/mol. The molecule has 0 aliphatic carbocycles. The average Bonchev–Trinajstić information content (AvgIpc) is 2.17. The second-order valence-electron chi connectivity index (χ2n) is 2.35. The van der Waals surface area contributed by atoms with E-state index in [0.29, 0.717) is 0 Å². The summed E-state index contributed by atoms with van der Waals surface area (Å²) in [5.74, 6) is -0.411. The van der Waals surface area contributed by atoms with Crippen LogP contribution in [-0.4, -0.2) is 5.91 Å². The van der Waals surface area contributed by atoms with E-state index in [1.807, 2.05) is 35.6 Å². The molecule has 1 aromatic rings. The number of hydrogen-bond acceptors (Lipinski definition) is 2. The van der Waals surface area contributed by atoms with Crippen molar-refractivity contribution in [1.82, 2.24) is 5.32 Å². The highest BCUT2D eigenvalue weighted by Crippen LogP contribution is 1.99. The minimum Gasteiger partial charge on any atom is -0.269 e. The summed E-state index contributed by atoms with van der Waals surface area (Å²) in [6, 6.07) is 9.39. The number of nitrogens with one attached hydrogen (secondary N) is 1. The third-order valence-corrected chi connectivity index (χ3v) is 1.41. The van der Waals surface area contributed by atoms with Crippen molar-refractivity contribution in [3.8, 4) is 6.19 Å². The van der Waals surface area contributed by atoms with Crippen LogP contribution in [0.4, 0.5) is 0 Å². The van der Waals surface area contributed by atoms with Gasteiger partial charge in [0.1, 0.15) is 0 Å². The van der Waals surface area contributed by atoms with Crippen molar-refractivity contribution in [3.05, 3.63) is 42.0 Å². The molecule has 0 bridgehead atoms. The number of benzene rings is 1. The first kappa shape index (κ1) is 9.01. The Morgan fingerprint density at radius 3 is 2.69 bits per heavy atom. The molecule has 0 aliphatic heterocycles. The van der Waals surface area contributed by atoms with Crippen molar-refractivity contribution in [2.45, 2.75) is 0 Å². The quantitative estimate of drug-likeness (QED) is 0.415. The summed E-state index contributed by atoms with van der Waals surface area (Å²) >= 11 is 0. The highest BCUT2D eigenvalue weighted by molar-refractivity contribution is 5.92. The van der Waals surface area contributed by atoms with Crippen molar-refractivity contribution in [2.75, 3.05) is 0 Å². The van der Waals surface area contributed by atoms with E-state index in [4.69, 9.17) is 5.26 Å². The number of carbonyl (C=O) groups is 1.